The van der Waals surface area contributed by atoms with Crippen LogP contribution in [0.2, 0.25) is 0 Å². The van der Waals surface area contributed by atoms with Crippen molar-refractivity contribution in [2.45, 2.75) is 11.3 Å². The van der Waals surface area contributed by atoms with Gasteiger partial charge in [-0.05, 0) is 12.1 Å². The van der Waals surface area contributed by atoms with Gasteiger partial charge in [0.2, 0.25) is 10.0 Å². The van der Waals surface area contributed by atoms with Gasteiger partial charge in [0.1, 0.15) is 13.2 Å². The number of benzene rings is 1. The van der Waals surface area contributed by atoms with Gasteiger partial charge in [-0.25, -0.2) is 17.2 Å². The van der Waals surface area contributed by atoms with E-state index in [-0.39, 0.29) is 17.3 Å². The van der Waals surface area contributed by atoms with Crippen LogP contribution in [0.3, 0.4) is 0 Å². The van der Waals surface area contributed by atoms with Crippen molar-refractivity contribution in [3.63, 3.8) is 0 Å². The number of aliphatic hydroxyl groups excluding tert-OH is 1. The molecule has 0 spiro atoms. The second-order valence-corrected chi connectivity index (χ2v) is 6.22. The van der Waals surface area contributed by atoms with Gasteiger partial charge in [-0.2, -0.15) is 4.31 Å². The summed E-state index contributed by atoms with van der Waals surface area (Å²) >= 11 is 0. The van der Waals surface area contributed by atoms with Crippen LogP contribution in [0.4, 0.5) is 8.78 Å². The zero-order valence-corrected chi connectivity index (χ0v) is 11.9. The van der Waals surface area contributed by atoms with E-state index in [2.05, 4.69) is 0 Å². The fourth-order valence-corrected chi connectivity index (χ4v) is 3.33. The molecule has 1 N–H and O–H groups in total. The van der Waals surface area contributed by atoms with E-state index >= 15 is 0 Å². The van der Waals surface area contributed by atoms with Crippen molar-refractivity contribution in [2.24, 2.45) is 0 Å². The Labute approximate surface area is 120 Å². The summed E-state index contributed by atoms with van der Waals surface area (Å²) in [6, 6.07) is 3.92. The molecule has 0 bridgehead atoms. The van der Waals surface area contributed by atoms with Gasteiger partial charge in [-0.1, -0.05) is 0 Å². The van der Waals surface area contributed by atoms with Crippen LogP contribution in [0, 0.1) is 0 Å². The van der Waals surface area contributed by atoms with Gasteiger partial charge in [0.05, 0.1) is 18.0 Å². The van der Waals surface area contributed by atoms with Crippen molar-refractivity contribution in [3.8, 4) is 11.5 Å². The van der Waals surface area contributed by atoms with Crippen molar-refractivity contribution in [1.29, 1.82) is 0 Å². The predicted molar refractivity (Wildman–Crippen MR) is 69.3 cm³/mol. The van der Waals surface area contributed by atoms with Crippen LogP contribution in [0.25, 0.3) is 0 Å². The zero-order chi connectivity index (χ0) is 15.5. The summed E-state index contributed by atoms with van der Waals surface area (Å²) in [4.78, 5) is -0.180. The van der Waals surface area contributed by atoms with Gasteiger partial charge in [0.25, 0.3) is 6.43 Å². The van der Waals surface area contributed by atoms with Crippen LogP contribution in [-0.2, 0) is 10.0 Å². The average Bonchev–Trinajstić information content (AvgIpc) is 2.46. The van der Waals surface area contributed by atoms with Crippen LogP contribution >= 0.6 is 0 Å². The molecule has 1 aliphatic rings. The Morgan fingerprint density at radius 3 is 2.52 bits per heavy atom. The van der Waals surface area contributed by atoms with Crippen LogP contribution in [-0.4, -0.2) is 57.2 Å². The molecule has 0 atom stereocenters. The molecule has 0 radical (unpaired) electrons. The molecular weight excluding hydrogens is 308 g/mol. The lowest BCUT2D eigenvalue weighted by Crippen LogP contribution is -2.37. The van der Waals surface area contributed by atoms with E-state index in [1.807, 2.05) is 0 Å². The predicted octanol–water partition coefficient (Wildman–Crippen LogP) is 0.706. The first-order chi connectivity index (χ1) is 9.95. The molecule has 0 unspecified atom stereocenters. The first-order valence-electron chi connectivity index (χ1n) is 6.24. The molecule has 0 saturated carbocycles. The number of fused-ring (bicyclic) bond motifs is 1. The average molecular weight is 323 g/mol. The highest BCUT2D eigenvalue weighted by molar-refractivity contribution is 7.89. The molecule has 0 amide bonds. The topological polar surface area (TPSA) is 76.1 Å². The highest BCUT2D eigenvalue weighted by Gasteiger charge is 2.28. The number of alkyl halides is 2. The third-order valence-corrected chi connectivity index (χ3v) is 4.70. The third-order valence-electron chi connectivity index (χ3n) is 2.84. The summed E-state index contributed by atoms with van der Waals surface area (Å²) in [7, 11) is -4.13. The van der Waals surface area contributed by atoms with Crippen molar-refractivity contribution in [2.75, 3.05) is 32.9 Å². The van der Waals surface area contributed by atoms with Crippen molar-refractivity contribution in [1.82, 2.24) is 4.31 Å². The fourth-order valence-electron chi connectivity index (χ4n) is 1.91. The fraction of sp³-hybridized carbons (Fsp3) is 0.500. The van der Waals surface area contributed by atoms with Crippen LogP contribution in [0.5, 0.6) is 11.5 Å². The Morgan fingerprint density at radius 2 is 1.90 bits per heavy atom. The summed E-state index contributed by atoms with van der Waals surface area (Å²) < 4.78 is 60.7. The lowest BCUT2D eigenvalue weighted by molar-refractivity contribution is 0.113. The SMILES string of the molecule is O=S(=O)(c1ccc2c(c1)OCCO2)N(CCO)CC(F)F. The molecule has 1 heterocycles. The number of sulfonamides is 1. The second-order valence-electron chi connectivity index (χ2n) is 4.28. The molecule has 0 fully saturated rings. The maximum Gasteiger partial charge on any atom is 0.252 e. The number of nitrogens with zero attached hydrogens (tertiary/aromatic N) is 1. The summed E-state index contributed by atoms with van der Waals surface area (Å²) in [6.07, 6.45) is -2.83. The van der Waals surface area contributed by atoms with Gasteiger partial charge in [-0.3, -0.25) is 0 Å². The maximum absolute atomic E-state index is 12.5. The van der Waals surface area contributed by atoms with Crippen molar-refractivity contribution < 1.29 is 31.8 Å². The number of hydrogen-bond donors (Lipinski definition) is 1. The Bertz CT molecular complexity index is 593. The summed E-state index contributed by atoms with van der Waals surface area (Å²) in [5.41, 5.74) is 0. The molecule has 1 aliphatic heterocycles. The Balaban J connectivity index is 2.32. The highest BCUT2D eigenvalue weighted by Crippen LogP contribution is 2.33. The number of halogens is 2. The minimum atomic E-state index is -4.13. The van der Waals surface area contributed by atoms with E-state index in [9.17, 15) is 17.2 Å². The molecule has 9 heteroatoms. The standard InChI is InChI=1S/C12H15F2NO5S/c13-12(14)8-15(3-4-16)21(17,18)9-1-2-10-11(7-9)20-6-5-19-10/h1-2,7,12,16H,3-6,8H2. The molecule has 21 heavy (non-hydrogen) atoms. The highest BCUT2D eigenvalue weighted by atomic mass is 32.2. The molecule has 6 nitrogen and oxygen atoms in total. The Hall–Kier alpha value is -1.45. The lowest BCUT2D eigenvalue weighted by Gasteiger charge is -2.23. The van der Waals surface area contributed by atoms with Gasteiger partial charge in [0.15, 0.2) is 11.5 Å². The van der Waals surface area contributed by atoms with E-state index < -0.39 is 36.1 Å². The second kappa shape index (κ2) is 6.54. The van der Waals surface area contributed by atoms with E-state index in [1.165, 1.54) is 18.2 Å². The van der Waals surface area contributed by atoms with E-state index in [1.54, 1.807) is 0 Å². The lowest BCUT2D eigenvalue weighted by atomic mass is 10.3. The number of aliphatic hydroxyl groups is 1. The third kappa shape index (κ3) is 3.60. The van der Waals surface area contributed by atoms with Crippen LogP contribution < -0.4 is 9.47 Å². The van der Waals surface area contributed by atoms with E-state index in [0.717, 1.165) is 0 Å². The molecule has 118 valence electrons. The zero-order valence-electron chi connectivity index (χ0n) is 11.0. The Morgan fingerprint density at radius 1 is 1.24 bits per heavy atom. The quantitative estimate of drug-likeness (QED) is 0.834. The molecule has 1 aromatic carbocycles. The molecule has 2 rings (SSSR count). The van der Waals surface area contributed by atoms with Gasteiger partial charge < -0.3 is 14.6 Å². The maximum atomic E-state index is 12.5. The number of hydrogen-bond acceptors (Lipinski definition) is 5. The van der Waals surface area contributed by atoms with Gasteiger partial charge in [-0.15, -0.1) is 0 Å². The van der Waals surface area contributed by atoms with Crippen molar-refractivity contribution in [3.05, 3.63) is 18.2 Å². The largest absolute Gasteiger partial charge is 0.486 e. The monoisotopic (exact) mass is 323 g/mol. The van der Waals surface area contributed by atoms with Gasteiger partial charge >= 0.3 is 0 Å². The minimum Gasteiger partial charge on any atom is -0.486 e. The first kappa shape index (κ1) is 15.9. The normalized spacial score (nSPS) is 14.7. The summed E-state index contributed by atoms with van der Waals surface area (Å²) in [5.74, 6) is 0.658. The molecule has 0 saturated heterocycles. The smallest absolute Gasteiger partial charge is 0.252 e. The summed E-state index contributed by atoms with van der Waals surface area (Å²) in [5, 5.41) is 8.86. The summed E-state index contributed by atoms with van der Waals surface area (Å²) in [6.45, 7) is -1.27. The van der Waals surface area contributed by atoms with Crippen LogP contribution in [0.1, 0.15) is 0 Å². The molecule has 0 aromatic heterocycles. The number of ether oxygens (including phenoxy) is 2. The van der Waals surface area contributed by atoms with Crippen molar-refractivity contribution >= 4 is 10.0 Å². The van der Waals surface area contributed by atoms with E-state index in [4.69, 9.17) is 14.6 Å². The molecule has 1 aromatic rings. The van der Waals surface area contributed by atoms with Gasteiger partial charge in [0, 0.05) is 12.6 Å². The Kier molecular flexibility index (Phi) is 4.96. The number of rotatable bonds is 6. The first-order valence-corrected chi connectivity index (χ1v) is 7.68. The van der Waals surface area contributed by atoms with E-state index in [0.29, 0.717) is 16.7 Å². The minimum absolute atomic E-state index is 0.180. The van der Waals surface area contributed by atoms with Crippen LogP contribution in [0.15, 0.2) is 23.1 Å². The molecule has 0 aliphatic carbocycles. The molecular formula is C12H15F2NO5S.